The Balaban J connectivity index is 1.60. The van der Waals surface area contributed by atoms with E-state index >= 15 is 0 Å². The van der Waals surface area contributed by atoms with Crippen molar-refractivity contribution >= 4 is 34.3 Å². The molecule has 0 unspecified atom stereocenters. The Morgan fingerprint density at radius 2 is 2.03 bits per heavy atom. The van der Waals surface area contributed by atoms with Crippen molar-refractivity contribution in [2.24, 2.45) is 0 Å². The predicted octanol–water partition coefficient (Wildman–Crippen LogP) is 5.58. The highest BCUT2D eigenvalue weighted by atomic mass is 35.5. The van der Waals surface area contributed by atoms with Gasteiger partial charge in [-0.15, -0.1) is 0 Å². The van der Waals surface area contributed by atoms with Crippen molar-refractivity contribution in [3.63, 3.8) is 0 Å². The lowest BCUT2D eigenvalue weighted by Crippen LogP contribution is -2.13. The smallest absolute Gasteiger partial charge is 0.255 e. The highest BCUT2D eigenvalue weighted by molar-refractivity contribution is 6.34. The predicted molar refractivity (Wildman–Crippen MR) is 112 cm³/mol. The highest BCUT2D eigenvalue weighted by Crippen LogP contribution is 2.30. The summed E-state index contributed by atoms with van der Waals surface area (Å²) < 4.78 is 11.4. The van der Waals surface area contributed by atoms with Crippen molar-refractivity contribution in [1.29, 1.82) is 0 Å². The fourth-order valence-corrected chi connectivity index (χ4v) is 3.00. The van der Waals surface area contributed by atoms with Gasteiger partial charge in [0.05, 0.1) is 23.0 Å². The minimum Gasteiger partial charge on any atom is -0.491 e. The first-order valence-electron chi connectivity index (χ1n) is 9.08. The number of rotatable bonds is 5. The Labute approximate surface area is 172 Å². The van der Waals surface area contributed by atoms with Gasteiger partial charge in [-0.25, -0.2) is 4.98 Å². The molecule has 1 N–H and O–H groups in total. The first-order valence-corrected chi connectivity index (χ1v) is 9.46. The zero-order valence-electron chi connectivity index (χ0n) is 15.8. The number of carbonyl (C=O) groups is 1. The van der Waals surface area contributed by atoms with Crippen LogP contribution in [0.5, 0.6) is 5.75 Å². The van der Waals surface area contributed by atoms with Gasteiger partial charge in [-0.1, -0.05) is 17.7 Å². The van der Waals surface area contributed by atoms with Crippen LogP contribution >= 0.6 is 11.6 Å². The van der Waals surface area contributed by atoms with Crippen LogP contribution in [0.3, 0.4) is 0 Å². The number of fused-ring (bicyclic) bond motifs is 1. The minimum atomic E-state index is -0.292. The first kappa shape index (κ1) is 19.0. The molecule has 0 aliphatic heterocycles. The second-order valence-corrected chi connectivity index (χ2v) is 7.11. The highest BCUT2D eigenvalue weighted by Gasteiger charge is 2.14. The van der Waals surface area contributed by atoms with Gasteiger partial charge in [0.1, 0.15) is 11.3 Å². The average Bonchev–Trinajstić information content (AvgIpc) is 3.13. The van der Waals surface area contributed by atoms with Crippen LogP contribution in [0.4, 0.5) is 5.69 Å². The van der Waals surface area contributed by atoms with Gasteiger partial charge < -0.3 is 14.5 Å². The number of oxazole rings is 1. The lowest BCUT2D eigenvalue weighted by molar-refractivity contribution is 0.102. The molecular weight excluding hydrogens is 390 g/mol. The van der Waals surface area contributed by atoms with E-state index in [2.05, 4.69) is 15.3 Å². The summed E-state index contributed by atoms with van der Waals surface area (Å²) in [5, 5.41) is 3.25. The SMILES string of the molecule is CC(C)Oc1cccc(C(=O)Nc2cc(-c3nc4cnccc4o3)ccc2Cl)c1. The van der Waals surface area contributed by atoms with Crippen molar-refractivity contribution < 1.29 is 13.9 Å². The minimum absolute atomic E-state index is 0.0194. The molecule has 4 rings (SSSR count). The van der Waals surface area contributed by atoms with E-state index in [0.29, 0.717) is 44.6 Å². The summed E-state index contributed by atoms with van der Waals surface area (Å²) in [5.74, 6) is 0.764. The molecule has 0 spiro atoms. The van der Waals surface area contributed by atoms with Crippen LogP contribution in [0.1, 0.15) is 24.2 Å². The molecule has 0 saturated carbocycles. The number of ether oxygens (including phenoxy) is 1. The molecule has 2 heterocycles. The molecule has 1 amide bonds. The van der Waals surface area contributed by atoms with Crippen molar-refractivity contribution in [2.75, 3.05) is 5.32 Å². The van der Waals surface area contributed by atoms with E-state index in [1.807, 2.05) is 19.9 Å². The lowest BCUT2D eigenvalue weighted by atomic mass is 10.1. The number of hydrogen-bond donors (Lipinski definition) is 1. The molecule has 4 aromatic rings. The van der Waals surface area contributed by atoms with E-state index in [1.54, 1.807) is 54.9 Å². The molecule has 7 heteroatoms. The molecule has 0 radical (unpaired) electrons. The van der Waals surface area contributed by atoms with Crippen LogP contribution < -0.4 is 10.1 Å². The van der Waals surface area contributed by atoms with Crippen LogP contribution in [0.2, 0.25) is 5.02 Å². The van der Waals surface area contributed by atoms with E-state index < -0.39 is 0 Å². The number of benzene rings is 2. The van der Waals surface area contributed by atoms with Gasteiger partial charge in [-0.3, -0.25) is 9.78 Å². The summed E-state index contributed by atoms with van der Waals surface area (Å²) in [7, 11) is 0. The van der Waals surface area contributed by atoms with Gasteiger partial charge in [0.15, 0.2) is 5.58 Å². The van der Waals surface area contributed by atoms with Crippen molar-refractivity contribution in [3.8, 4) is 17.2 Å². The van der Waals surface area contributed by atoms with Gasteiger partial charge in [-0.05, 0) is 50.2 Å². The third kappa shape index (κ3) is 4.22. The molecule has 0 atom stereocenters. The van der Waals surface area contributed by atoms with E-state index in [0.717, 1.165) is 0 Å². The Hall–Kier alpha value is -3.38. The number of aromatic nitrogens is 2. The second kappa shape index (κ2) is 7.93. The molecule has 29 heavy (non-hydrogen) atoms. The Morgan fingerprint density at radius 3 is 2.83 bits per heavy atom. The van der Waals surface area contributed by atoms with Crippen LogP contribution in [-0.4, -0.2) is 22.0 Å². The second-order valence-electron chi connectivity index (χ2n) is 6.71. The molecule has 2 aromatic heterocycles. The Kier molecular flexibility index (Phi) is 5.18. The number of pyridine rings is 1. The zero-order chi connectivity index (χ0) is 20.4. The third-order valence-electron chi connectivity index (χ3n) is 4.12. The van der Waals surface area contributed by atoms with E-state index in [9.17, 15) is 4.79 Å². The lowest BCUT2D eigenvalue weighted by Gasteiger charge is -2.12. The number of nitrogens with one attached hydrogen (secondary N) is 1. The number of carbonyl (C=O) groups excluding carboxylic acids is 1. The third-order valence-corrected chi connectivity index (χ3v) is 4.45. The maximum Gasteiger partial charge on any atom is 0.255 e. The molecular formula is C22H18ClN3O3. The summed E-state index contributed by atoms with van der Waals surface area (Å²) in [5.41, 5.74) is 2.92. The molecule has 0 bridgehead atoms. The van der Waals surface area contributed by atoms with Crippen molar-refractivity contribution in [2.45, 2.75) is 20.0 Å². The van der Waals surface area contributed by atoms with Crippen LogP contribution in [0.15, 0.2) is 65.3 Å². The van der Waals surface area contributed by atoms with Gasteiger partial charge in [0.2, 0.25) is 5.89 Å². The number of nitrogens with zero attached hydrogens (tertiary/aromatic N) is 2. The van der Waals surface area contributed by atoms with E-state index in [1.165, 1.54) is 0 Å². The molecule has 0 fully saturated rings. The summed E-state index contributed by atoms with van der Waals surface area (Å²) in [6.07, 6.45) is 3.29. The van der Waals surface area contributed by atoms with Gasteiger partial charge in [0, 0.05) is 23.4 Å². The van der Waals surface area contributed by atoms with Gasteiger partial charge in [-0.2, -0.15) is 0 Å². The maximum atomic E-state index is 12.7. The van der Waals surface area contributed by atoms with Crippen LogP contribution in [0.25, 0.3) is 22.6 Å². The monoisotopic (exact) mass is 407 g/mol. The summed E-state index contributed by atoms with van der Waals surface area (Å²) in [6, 6.07) is 14.0. The number of halogens is 1. The van der Waals surface area contributed by atoms with Crippen molar-refractivity contribution in [1.82, 2.24) is 9.97 Å². The summed E-state index contributed by atoms with van der Waals surface area (Å²) in [6.45, 7) is 3.86. The molecule has 146 valence electrons. The molecule has 0 aliphatic carbocycles. The number of anilines is 1. The van der Waals surface area contributed by atoms with Crippen LogP contribution in [-0.2, 0) is 0 Å². The van der Waals surface area contributed by atoms with E-state index in [-0.39, 0.29) is 12.0 Å². The van der Waals surface area contributed by atoms with Gasteiger partial charge in [0.25, 0.3) is 5.91 Å². The van der Waals surface area contributed by atoms with E-state index in [4.69, 9.17) is 20.8 Å². The average molecular weight is 408 g/mol. The molecule has 0 aliphatic rings. The summed E-state index contributed by atoms with van der Waals surface area (Å²) >= 11 is 6.29. The Morgan fingerprint density at radius 1 is 1.17 bits per heavy atom. The van der Waals surface area contributed by atoms with Gasteiger partial charge >= 0.3 is 0 Å². The quantitative estimate of drug-likeness (QED) is 0.467. The topological polar surface area (TPSA) is 77.2 Å². The normalized spacial score (nSPS) is 11.0. The fourth-order valence-electron chi connectivity index (χ4n) is 2.83. The molecule has 6 nitrogen and oxygen atoms in total. The summed E-state index contributed by atoms with van der Waals surface area (Å²) in [4.78, 5) is 21.2. The molecule has 0 saturated heterocycles. The fraction of sp³-hybridized carbons (Fsp3) is 0.136. The van der Waals surface area contributed by atoms with Crippen LogP contribution in [0, 0.1) is 0 Å². The standard InChI is InChI=1S/C22H18ClN3O3/c1-13(2)28-16-5-3-4-14(10-16)21(27)25-18-11-15(6-7-17(18)23)22-26-19-12-24-9-8-20(19)29-22/h3-13H,1-2H3,(H,25,27). The zero-order valence-corrected chi connectivity index (χ0v) is 16.6. The maximum absolute atomic E-state index is 12.7. The largest absolute Gasteiger partial charge is 0.491 e. The van der Waals surface area contributed by atoms with Crippen molar-refractivity contribution in [3.05, 3.63) is 71.5 Å². The number of hydrogen-bond acceptors (Lipinski definition) is 5. The first-order chi connectivity index (χ1) is 14.0. The number of amides is 1. The Bertz CT molecular complexity index is 1150. The molecule has 2 aromatic carbocycles.